The van der Waals surface area contributed by atoms with Gasteiger partial charge in [0.25, 0.3) is 7.82 Å². The van der Waals surface area contributed by atoms with Crippen LogP contribution in [0, 0.1) is 0 Å². The van der Waals surface area contributed by atoms with E-state index in [1.807, 2.05) is 0 Å². The van der Waals surface area contributed by atoms with Gasteiger partial charge >= 0.3 is 35.5 Å². The van der Waals surface area contributed by atoms with Crippen molar-refractivity contribution in [1.82, 2.24) is 0 Å². The average Bonchev–Trinajstić information content (AvgIpc) is 2.12. The molecule has 0 aromatic heterocycles. The summed E-state index contributed by atoms with van der Waals surface area (Å²) in [5.41, 5.74) is 0. The molecule has 0 spiro atoms. The molecule has 0 atom stereocenters. The van der Waals surface area contributed by atoms with Gasteiger partial charge in [0.15, 0.2) is 0 Å². The third-order valence-electron chi connectivity index (χ3n) is 0.788. The summed E-state index contributed by atoms with van der Waals surface area (Å²) in [5.74, 6) is -0.0463. The first-order valence-corrected chi connectivity index (χ1v) is 4.35. The van der Waals surface area contributed by atoms with Crippen molar-refractivity contribution >= 4 is 13.8 Å². The number of carbonyl (C=O) groups is 1. The summed E-state index contributed by atoms with van der Waals surface area (Å²) < 4.78 is 13.3. The molecule has 12 heavy (non-hydrogen) atoms. The van der Waals surface area contributed by atoms with Crippen LogP contribution in [0.4, 0.5) is 0 Å². The van der Waals surface area contributed by atoms with Crippen LogP contribution in [0.15, 0.2) is 0 Å². The van der Waals surface area contributed by atoms with Crippen molar-refractivity contribution < 1.29 is 58.3 Å². The van der Waals surface area contributed by atoms with Crippen molar-refractivity contribution in [3.05, 3.63) is 0 Å². The molecule has 8 heteroatoms. The summed E-state index contributed by atoms with van der Waals surface area (Å²) in [6.07, 6.45) is 1.54. The van der Waals surface area contributed by atoms with Crippen LogP contribution in [-0.4, -0.2) is 22.4 Å². The van der Waals surface area contributed by atoms with E-state index in [0.29, 0.717) is 13.0 Å². The van der Waals surface area contributed by atoms with Crippen LogP contribution in [0.3, 0.4) is 0 Å². The molecule has 0 amide bonds. The smallest absolute Gasteiger partial charge is 0.756 e. The van der Waals surface area contributed by atoms with Crippen LogP contribution >= 0.6 is 7.82 Å². The van der Waals surface area contributed by atoms with Crippen LogP contribution in [0.25, 0.3) is 0 Å². The molecule has 1 aliphatic heterocycles. The van der Waals surface area contributed by atoms with Gasteiger partial charge in [-0.3, -0.25) is 9.36 Å². The maximum atomic E-state index is 10.0. The number of phosphoric acid groups is 1. The van der Waals surface area contributed by atoms with Gasteiger partial charge in [-0.05, 0) is 6.42 Å². The van der Waals surface area contributed by atoms with E-state index >= 15 is 0 Å². The van der Waals surface area contributed by atoms with Crippen LogP contribution in [-0.2, 0) is 14.1 Å². The number of carbonyl (C=O) groups excluding carboxylic acids is 1. The van der Waals surface area contributed by atoms with Gasteiger partial charge in [-0.25, -0.2) is 0 Å². The van der Waals surface area contributed by atoms with Crippen molar-refractivity contribution in [3.63, 3.8) is 0 Å². The fourth-order valence-corrected chi connectivity index (χ4v) is 0.475. The van der Waals surface area contributed by atoms with E-state index in [9.17, 15) is 4.79 Å². The molecule has 2 N–H and O–H groups in total. The van der Waals surface area contributed by atoms with E-state index in [-0.39, 0.29) is 35.5 Å². The number of hydrogen-bond acceptors (Lipinski definition) is 4. The molecule has 6 nitrogen and oxygen atoms in total. The molecule has 66 valence electrons. The largest absolute Gasteiger partial charge is 1.00 e. The van der Waals surface area contributed by atoms with Gasteiger partial charge in [0, 0.05) is 6.42 Å². The molecule has 0 aliphatic carbocycles. The summed E-state index contributed by atoms with van der Waals surface area (Å²) in [6, 6.07) is 0. The van der Waals surface area contributed by atoms with Gasteiger partial charge in [0.2, 0.25) is 0 Å². The molecule has 1 saturated heterocycles. The zero-order valence-electron chi connectivity index (χ0n) is 6.60. The van der Waals surface area contributed by atoms with Gasteiger partial charge in [-0.15, -0.1) is 0 Å². The number of cyclic esters (lactones) is 1. The first-order chi connectivity index (χ1) is 4.89. The maximum absolute atomic E-state index is 10.0. The molecular formula is C4H8NaO6P. The standard InChI is InChI=1S/C4H6O2.Na.H3O4P/c5-4-2-1-3-6-4;;1-5(2,3)4/h1-3H2;;(H3,1,2,3,4)/q;+1;/p-1. The SMILES string of the molecule is O=C1CCCO1.O=P([O-])(O)O.[Na+]. The van der Waals surface area contributed by atoms with Crippen LogP contribution in [0.1, 0.15) is 12.8 Å². The Morgan fingerprint density at radius 2 is 1.92 bits per heavy atom. The Labute approximate surface area is 91.5 Å². The molecule has 1 heterocycles. The Kier molecular flexibility index (Phi) is 8.83. The van der Waals surface area contributed by atoms with E-state index in [1.165, 1.54) is 0 Å². The average molecular weight is 206 g/mol. The minimum atomic E-state index is -4.89. The third-order valence-corrected chi connectivity index (χ3v) is 0.788. The fraction of sp³-hybridized carbons (Fsp3) is 0.750. The quantitative estimate of drug-likeness (QED) is 0.236. The minimum absolute atomic E-state index is 0. The van der Waals surface area contributed by atoms with Crippen LogP contribution in [0.2, 0.25) is 0 Å². The Balaban J connectivity index is 0. The normalized spacial score (nSPS) is 15.4. The molecule has 0 radical (unpaired) electrons. The molecule has 0 saturated carbocycles. The second kappa shape index (κ2) is 7.03. The predicted octanol–water partition coefficient (Wildman–Crippen LogP) is -4.23. The van der Waals surface area contributed by atoms with Crippen molar-refractivity contribution in [1.29, 1.82) is 0 Å². The van der Waals surface area contributed by atoms with Crippen LogP contribution in [0.5, 0.6) is 0 Å². The molecule has 1 rings (SSSR count). The van der Waals surface area contributed by atoms with Gasteiger partial charge in [-0.2, -0.15) is 0 Å². The maximum Gasteiger partial charge on any atom is 1.00 e. The Bertz CT molecular complexity index is 160. The second-order valence-electron chi connectivity index (χ2n) is 1.81. The van der Waals surface area contributed by atoms with E-state index in [2.05, 4.69) is 4.74 Å². The molecule has 0 bridgehead atoms. The molecular weight excluding hydrogens is 198 g/mol. The summed E-state index contributed by atoms with van der Waals surface area (Å²) in [5, 5.41) is 0. The monoisotopic (exact) mass is 206 g/mol. The van der Waals surface area contributed by atoms with Crippen molar-refractivity contribution in [2.75, 3.05) is 6.61 Å². The number of ether oxygens (including phenoxy) is 1. The zero-order chi connectivity index (χ0) is 8.91. The summed E-state index contributed by atoms with van der Waals surface area (Å²) >= 11 is 0. The molecule has 0 aromatic carbocycles. The van der Waals surface area contributed by atoms with E-state index in [4.69, 9.17) is 19.2 Å². The summed E-state index contributed by atoms with van der Waals surface area (Å²) in [4.78, 5) is 32.9. The molecule has 0 aromatic rings. The Morgan fingerprint density at radius 3 is 2.00 bits per heavy atom. The van der Waals surface area contributed by atoms with Crippen molar-refractivity contribution in [2.45, 2.75) is 12.8 Å². The number of esters is 1. The summed E-state index contributed by atoms with van der Waals surface area (Å²) in [6.45, 7) is 0.638. The van der Waals surface area contributed by atoms with E-state index in [0.717, 1.165) is 6.42 Å². The van der Waals surface area contributed by atoms with E-state index < -0.39 is 7.82 Å². The van der Waals surface area contributed by atoms with E-state index in [1.54, 1.807) is 0 Å². The van der Waals surface area contributed by atoms with Crippen molar-refractivity contribution in [2.24, 2.45) is 0 Å². The second-order valence-corrected chi connectivity index (χ2v) is 2.80. The van der Waals surface area contributed by atoms with Gasteiger partial charge in [-0.1, -0.05) is 0 Å². The minimum Gasteiger partial charge on any atom is -0.756 e. The topological polar surface area (TPSA) is 107 Å². The third kappa shape index (κ3) is 16.9. The molecule has 0 unspecified atom stereocenters. The fourth-order valence-electron chi connectivity index (χ4n) is 0.475. The Morgan fingerprint density at radius 1 is 1.50 bits per heavy atom. The first kappa shape index (κ1) is 15.1. The van der Waals surface area contributed by atoms with Gasteiger partial charge in [0.05, 0.1) is 6.61 Å². The molecule has 1 aliphatic rings. The molecule has 1 fully saturated rings. The zero-order valence-corrected chi connectivity index (χ0v) is 9.49. The predicted molar refractivity (Wildman–Crippen MR) is 32.2 cm³/mol. The first-order valence-electron chi connectivity index (χ1n) is 2.82. The Hall–Kier alpha value is 0.580. The van der Waals surface area contributed by atoms with Crippen LogP contribution < -0.4 is 34.5 Å². The van der Waals surface area contributed by atoms with Gasteiger partial charge in [0.1, 0.15) is 0 Å². The number of hydrogen-bond donors (Lipinski definition) is 2. The number of rotatable bonds is 0. The summed E-state index contributed by atoms with van der Waals surface area (Å²) in [7, 11) is -4.89. The van der Waals surface area contributed by atoms with Gasteiger partial charge < -0.3 is 19.4 Å². The van der Waals surface area contributed by atoms with Crippen molar-refractivity contribution in [3.8, 4) is 0 Å².